The minimum Gasteiger partial charge on any atom is -0.494 e. The zero-order valence-electron chi connectivity index (χ0n) is 22.8. The molecule has 0 aliphatic heterocycles. The number of esters is 4. The molecule has 0 bridgehead atoms. The average Bonchev–Trinajstić information content (AvgIpc) is 3.78. The first-order chi connectivity index (χ1) is 19.9. The van der Waals surface area contributed by atoms with Gasteiger partial charge in [0.15, 0.2) is 0 Å². The van der Waals surface area contributed by atoms with E-state index in [1.165, 1.54) is 0 Å². The Bertz CT molecular complexity index is 1340. The molecule has 2 atom stereocenters. The normalized spacial score (nSPS) is 16.7. The van der Waals surface area contributed by atoms with Crippen molar-refractivity contribution in [1.29, 1.82) is 0 Å². The van der Waals surface area contributed by atoms with Gasteiger partial charge in [-0.05, 0) is 86.4 Å². The van der Waals surface area contributed by atoms with Crippen LogP contribution in [0.4, 0.5) is 0 Å². The molecule has 0 heterocycles. The molecule has 0 spiro atoms. The minimum atomic E-state index is -0.513. The molecule has 1 fully saturated rings. The van der Waals surface area contributed by atoms with Crippen LogP contribution >= 0.6 is 0 Å². The quantitative estimate of drug-likeness (QED) is 0.0942. The van der Waals surface area contributed by atoms with E-state index >= 15 is 0 Å². The fourth-order valence-electron chi connectivity index (χ4n) is 4.15. The summed E-state index contributed by atoms with van der Waals surface area (Å²) in [4.78, 5) is 47.9. The maximum atomic E-state index is 12.7. The van der Waals surface area contributed by atoms with Crippen molar-refractivity contribution in [3.8, 4) is 11.5 Å². The highest BCUT2D eigenvalue weighted by atomic mass is 16.6. The van der Waals surface area contributed by atoms with Crippen molar-refractivity contribution in [3.05, 3.63) is 96.0 Å². The molecule has 41 heavy (non-hydrogen) atoms. The van der Waals surface area contributed by atoms with Crippen LogP contribution in [0, 0.1) is 11.8 Å². The van der Waals surface area contributed by atoms with E-state index in [9.17, 15) is 19.2 Å². The van der Waals surface area contributed by atoms with E-state index in [0.717, 1.165) is 6.08 Å². The summed E-state index contributed by atoms with van der Waals surface area (Å²) < 4.78 is 27.0. The van der Waals surface area contributed by atoms with Crippen molar-refractivity contribution >= 4 is 23.9 Å². The average molecular weight is 561 g/mol. The number of benzene rings is 2. The van der Waals surface area contributed by atoms with Crippen molar-refractivity contribution in [1.82, 2.24) is 0 Å². The van der Waals surface area contributed by atoms with Gasteiger partial charge in [-0.3, -0.25) is 4.79 Å². The second kappa shape index (κ2) is 14.1. The van der Waals surface area contributed by atoms with E-state index in [4.69, 9.17) is 23.7 Å². The van der Waals surface area contributed by atoms with Crippen molar-refractivity contribution in [2.45, 2.75) is 39.0 Å². The Hall–Kier alpha value is -4.66. The van der Waals surface area contributed by atoms with E-state index < -0.39 is 17.9 Å². The highest BCUT2D eigenvalue weighted by Gasteiger charge is 2.48. The Morgan fingerprint density at radius 2 is 1.32 bits per heavy atom. The number of allylic oxidation sites excluding steroid dienone is 4. The topological polar surface area (TPSA) is 114 Å². The molecule has 2 aliphatic carbocycles. The monoisotopic (exact) mass is 560 g/mol. The number of ether oxygens (including phenoxy) is 5. The third-order valence-electron chi connectivity index (χ3n) is 6.44. The van der Waals surface area contributed by atoms with Crippen LogP contribution in [-0.2, 0) is 23.8 Å². The van der Waals surface area contributed by atoms with Gasteiger partial charge in [0.1, 0.15) is 23.0 Å². The van der Waals surface area contributed by atoms with Crippen LogP contribution in [0.1, 0.15) is 59.7 Å². The summed E-state index contributed by atoms with van der Waals surface area (Å²) in [6.07, 6.45) is 7.55. The lowest BCUT2D eigenvalue weighted by Gasteiger charge is -2.15. The van der Waals surface area contributed by atoms with E-state index in [1.54, 1.807) is 60.7 Å². The van der Waals surface area contributed by atoms with Gasteiger partial charge in [0.05, 0.1) is 24.3 Å². The molecular weight excluding hydrogens is 528 g/mol. The molecule has 9 heteroatoms. The zero-order valence-corrected chi connectivity index (χ0v) is 22.8. The van der Waals surface area contributed by atoms with Gasteiger partial charge in [-0.2, -0.15) is 0 Å². The molecule has 0 saturated heterocycles. The maximum absolute atomic E-state index is 12.7. The second-order valence-corrected chi connectivity index (χ2v) is 9.57. The molecule has 214 valence electrons. The van der Waals surface area contributed by atoms with Gasteiger partial charge in [-0.25, -0.2) is 14.4 Å². The highest BCUT2D eigenvalue weighted by Crippen LogP contribution is 2.52. The van der Waals surface area contributed by atoms with Crippen molar-refractivity contribution in [2.24, 2.45) is 11.8 Å². The first-order valence-electron chi connectivity index (χ1n) is 13.6. The summed E-state index contributed by atoms with van der Waals surface area (Å²) in [6, 6.07) is 12.9. The van der Waals surface area contributed by atoms with Crippen LogP contribution in [0.15, 0.2) is 84.9 Å². The highest BCUT2D eigenvalue weighted by molar-refractivity contribution is 5.91. The van der Waals surface area contributed by atoms with E-state index in [0.29, 0.717) is 79.5 Å². The third kappa shape index (κ3) is 8.41. The summed E-state index contributed by atoms with van der Waals surface area (Å²) in [5, 5.41) is 0. The molecule has 2 unspecified atom stereocenters. The molecule has 0 aromatic heterocycles. The minimum absolute atomic E-state index is 0.0273. The largest absolute Gasteiger partial charge is 0.494 e. The number of hydrogen-bond acceptors (Lipinski definition) is 9. The summed E-state index contributed by atoms with van der Waals surface area (Å²) >= 11 is 0. The van der Waals surface area contributed by atoms with Crippen LogP contribution < -0.4 is 9.47 Å². The van der Waals surface area contributed by atoms with Gasteiger partial charge in [-0.1, -0.05) is 13.5 Å². The van der Waals surface area contributed by atoms with Gasteiger partial charge in [0.25, 0.3) is 0 Å². The lowest BCUT2D eigenvalue weighted by Crippen LogP contribution is -2.12. The van der Waals surface area contributed by atoms with Crippen LogP contribution in [0.5, 0.6) is 11.5 Å². The van der Waals surface area contributed by atoms with Crippen LogP contribution in [0.2, 0.25) is 0 Å². The molecule has 1 saturated carbocycles. The molecule has 0 radical (unpaired) electrons. The number of unbranched alkanes of at least 4 members (excludes halogenated alkanes) is 1. The first kappa shape index (κ1) is 29.3. The van der Waals surface area contributed by atoms with Crippen LogP contribution in [0.25, 0.3) is 0 Å². The second-order valence-electron chi connectivity index (χ2n) is 9.57. The number of carbonyl (C=O) groups is 4. The van der Waals surface area contributed by atoms with Gasteiger partial charge >= 0.3 is 23.9 Å². The van der Waals surface area contributed by atoms with Gasteiger partial charge < -0.3 is 23.7 Å². The maximum Gasteiger partial charge on any atom is 0.343 e. The molecule has 0 amide bonds. The zero-order chi connectivity index (χ0) is 29.2. The Morgan fingerprint density at radius 3 is 1.85 bits per heavy atom. The summed E-state index contributed by atoms with van der Waals surface area (Å²) in [6.45, 7) is 5.99. The number of carbonyl (C=O) groups excluding carboxylic acids is 4. The molecular formula is C32H32O9. The lowest BCUT2D eigenvalue weighted by molar-refractivity contribution is -0.138. The first-order valence-corrected chi connectivity index (χ1v) is 13.6. The number of hydrogen-bond donors (Lipinski definition) is 0. The SMILES string of the molecule is C=CC(=O)OCCCCOc1ccc(C(=O)OC2=CC=C(OC(=O)c3ccc(OC(=O)CCC)cc3)C3CC23)cc1. The molecule has 2 aliphatic rings. The summed E-state index contributed by atoms with van der Waals surface area (Å²) in [7, 11) is 0. The lowest BCUT2D eigenvalue weighted by atomic mass is 10.1. The third-order valence-corrected chi connectivity index (χ3v) is 6.44. The Morgan fingerprint density at radius 1 is 0.780 bits per heavy atom. The van der Waals surface area contributed by atoms with Crippen molar-refractivity contribution in [3.63, 3.8) is 0 Å². The molecule has 4 rings (SSSR count). The van der Waals surface area contributed by atoms with Crippen LogP contribution in [-0.4, -0.2) is 37.1 Å². The fourth-order valence-corrected chi connectivity index (χ4v) is 4.15. The van der Waals surface area contributed by atoms with Crippen LogP contribution in [0.3, 0.4) is 0 Å². The Labute approximate surface area is 238 Å². The van der Waals surface area contributed by atoms with E-state index in [2.05, 4.69) is 6.58 Å². The molecule has 2 aromatic rings. The summed E-state index contributed by atoms with van der Waals surface area (Å²) in [5.74, 6) is 0.236. The smallest absolute Gasteiger partial charge is 0.343 e. The number of rotatable bonds is 14. The fraction of sp³-hybridized carbons (Fsp3) is 0.312. The molecule has 2 aromatic carbocycles. The van der Waals surface area contributed by atoms with Crippen molar-refractivity contribution < 1.29 is 42.9 Å². The summed E-state index contributed by atoms with van der Waals surface area (Å²) in [5.41, 5.74) is 0.720. The molecule has 0 N–H and O–H groups in total. The number of fused-ring (bicyclic) bond motifs is 1. The van der Waals surface area contributed by atoms with Crippen molar-refractivity contribution in [2.75, 3.05) is 13.2 Å². The van der Waals surface area contributed by atoms with Gasteiger partial charge in [0, 0.05) is 24.3 Å². The Kier molecular flexibility index (Phi) is 10.1. The van der Waals surface area contributed by atoms with E-state index in [1.807, 2.05) is 6.92 Å². The van der Waals surface area contributed by atoms with E-state index in [-0.39, 0.29) is 17.8 Å². The predicted octanol–water partition coefficient (Wildman–Crippen LogP) is 5.71. The van der Waals surface area contributed by atoms with Gasteiger partial charge in [0.2, 0.25) is 0 Å². The standard InChI is InChI=1S/C32H32O9/c1-3-7-30(34)39-24-14-10-22(11-15-24)32(36)41-28-17-16-27(25-20-26(25)28)40-31(35)21-8-12-23(13-9-21)37-18-5-6-19-38-29(33)4-2/h4,8-17,25-26H,2-3,5-7,18-20H2,1H3. The predicted molar refractivity (Wildman–Crippen MR) is 148 cm³/mol. The Balaban J connectivity index is 1.23. The molecule has 9 nitrogen and oxygen atoms in total. The van der Waals surface area contributed by atoms with Gasteiger partial charge in [-0.15, -0.1) is 0 Å².